The van der Waals surface area contributed by atoms with Crippen LogP contribution >= 0.6 is 23.4 Å². The van der Waals surface area contributed by atoms with Gasteiger partial charge in [0.25, 0.3) is 0 Å². The Morgan fingerprint density at radius 3 is 1.90 bits per heavy atom. The molecular weight excluding hydrogens is 337 g/mol. The normalized spacial score (nSPS) is 15.1. The number of rotatable bonds is 7. The molecule has 0 saturated heterocycles. The van der Waals surface area contributed by atoms with E-state index in [1.54, 1.807) is 0 Å². The second kappa shape index (κ2) is 7.74. The van der Waals surface area contributed by atoms with Crippen LogP contribution in [0.1, 0.15) is 27.7 Å². The smallest absolute Gasteiger partial charge is 0.302 e. The molecule has 3 nitrogen and oxygen atoms in total. The summed E-state index contributed by atoms with van der Waals surface area (Å²) in [6, 6.07) is 7.57. The third kappa shape index (κ3) is 4.70. The maximum absolute atomic E-state index is 13.4. The van der Waals surface area contributed by atoms with Crippen LogP contribution in [0.5, 0.6) is 0 Å². The lowest BCUT2D eigenvalue weighted by molar-refractivity contribution is 0.276. The van der Waals surface area contributed by atoms with Crippen molar-refractivity contribution in [3.05, 3.63) is 28.7 Å². The quantitative estimate of drug-likeness (QED) is 0.668. The van der Waals surface area contributed by atoms with Crippen molar-refractivity contribution in [1.82, 2.24) is 4.67 Å². The van der Waals surface area contributed by atoms with Crippen molar-refractivity contribution in [2.45, 2.75) is 27.7 Å². The van der Waals surface area contributed by atoms with Gasteiger partial charge in [-0.25, -0.2) is 4.67 Å². The Labute approximate surface area is 131 Å². The summed E-state index contributed by atoms with van der Waals surface area (Å²) in [5.74, 6) is 0.875. The topological polar surface area (TPSA) is 29.5 Å². The Morgan fingerprint density at radius 1 is 1.10 bits per heavy atom. The van der Waals surface area contributed by atoms with Gasteiger partial charge in [0, 0.05) is 24.7 Å². The van der Waals surface area contributed by atoms with Crippen molar-refractivity contribution < 1.29 is 9.09 Å². The van der Waals surface area contributed by atoms with Gasteiger partial charge in [0.05, 0.1) is 5.30 Å². The van der Waals surface area contributed by atoms with Gasteiger partial charge in [-0.2, -0.15) is 0 Å². The zero-order valence-electron chi connectivity index (χ0n) is 13.0. The SMILES string of the molecule is COP(=O)(c1ccc(Br)cc1)N(CC(C)C)CC(C)C. The molecule has 0 aliphatic heterocycles. The van der Waals surface area contributed by atoms with Crippen molar-refractivity contribution in [2.24, 2.45) is 11.8 Å². The van der Waals surface area contributed by atoms with E-state index in [0.717, 1.165) is 22.9 Å². The molecule has 0 heterocycles. The molecule has 1 aromatic carbocycles. The van der Waals surface area contributed by atoms with E-state index in [-0.39, 0.29) is 0 Å². The molecule has 0 radical (unpaired) electrons. The first-order chi connectivity index (χ1) is 9.29. The molecule has 0 aromatic heterocycles. The molecule has 0 N–H and O–H groups in total. The van der Waals surface area contributed by atoms with Crippen LogP contribution in [0, 0.1) is 11.8 Å². The molecule has 0 spiro atoms. The molecule has 1 rings (SSSR count). The van der Waals surface area contributed by atoms with E-state index in [0.29, 0.717) is 11.8 Å². The standard InChI is InChI=1S/C15H25BrNO2P/c1-12(2)10-17(11-13(3)4)20(18,19-5)15-8-6-14(16)7-9-15/h6-9,12-13H,10-11H2,1-5H3. The molecule has 0 bridgehead atoms. The fourth-order valence-electron chi connectivity index (χ4n) is 2.15. The van der Waals surface area contributed by atoms with Gasteiger partial charge < -0.3 is 4.52 Å². The van der Waals surface area contributed by atoms with Crippen LogP contribution in [0.3, 0.4) is 0 Å². The van der Waals surface area contributed by atoms with Gasteiger partial charge in [-0.3, -0.25) is 4.57 Å². The molecule has 0 amide bonds. The molecule has 1 aromatic rings. The van der Waals surface area contributed by atoms with Crippen molar-refractivity contribution in [3.8, 4) is 0 Å². The highest BCUT2D eigenvalue weighted by Gasteiger charge is 2.33. The van der Waals surface area contributed by atoms with Crippen molar-refractivity contribution in [2.75, 3.05) is 20.2 Å². The predicted molar refractivity (Wildman–Crippen MR) is 89.6 cm³/mol. The van der Waals surface area contributed by atoms with Crippen LogP contribution in [-0.4, -0.2) is 24.9 Å². The molecule has 0 fully saturated rings. The van der Waals surface area contributed by atoms with Crippen LogP contribution < -0.4 is 5.30 Å². The highest BCUT2D eigenvalue weighted by Crippen LogP contribution is 2.49. The summed E-state index contributed by atoms with van der Waals surface area (Å²) in [4.78, 5) is 0. The lowest BCUT2D eigenvalue weighted by atomic mass is 10.2. The van der Waals surface area contributed by atoms with Crippen molar-refractivity contribution in [3.63, 3.8) is 0 Å². The van der Waals surface area contributed by atoms with Gasteiger partial charge in [0.15, 0.2) is 0 Å². The van der Waals surface area contributed by atoms with E-state index >= 15 is 0 Å². The molecule has 1 unspecified atom stereocenters. The van der Waals surface area contributed by atoms with Crippen molar-refractivity contribution >= 4 is 28.8 Å². The van der Waals surface area contributed by atoms with Gasteiger partial charge in [0.1, 0.15) is 0 Å². The van der Waals surface area contributed by atoms with Gasteiger partial charge in [-0.05, 0) is 36.1 Å². The first-order valence-corrected chi connectivity index (χ1v) is 9.34. The van der Waals surface area contributed by atoms with Crippen molar-refractivity contribution in [1.29, 1.82) is 0 Å². The van der Waals surface area contributed by atoms with Crippen LogP contribution in [0.2, 0.25) is 0 Å². The third-order valence-corrected chi connectivity index (χ3v) is 5.97. The first kappa shape index (κ1) is 17.9. The first-order valence-electron chi connectivity index (χ1n) is 6.97. The summed E-state index contributed by atoms with van der Waals surface area (Å²) < 4.78 is 21.8. The number of nitrogens with zero attached hydrogens (tertiary/aromatic N) is 1. The second-order valence-electron chi connectivity index (χ2n) is 5.84. The number of hydrogen-bond donors (Lipinski definition) is 0. The Morgan fingerprint density at radius 2 is 1.55 bits per heavy atom. The highest BCUT2D eigenvalue weighted by molar-refractivity contribution is 9.10. The molecule has 0 aliphatic carbocycles. The maximum atomic E-state index is 13.4. The molecule has 1 atom stereocenters. The number of hydrogen-bond acceptors (Lipinski definition) is 2. The maximum Gasteiger partial charge on any atom is 0.302 e. The van der Waals surface area contributed by atoms with E-state index in [4.69, 9.17) is 4.52 Å². The monoisotopic (exact) mass is 361 g/mol. The van der Waals surface area contributed by atoms with Gasteiger partial charge in [0.2, 0.25) is 0 Å². The summed E-state index contributed by atoms with van der Waals surface area (Å²) >= 11 is 3.41. The Bertz CT molecular complexity index is 449. The summed E-state index contributed by atoms with van der Waals surface area (Å²) in [6.07, 6.45) is 0. The van der Waals surface area contributed by atoms with E-state index < -0.39 is 7.52 Å². The number of benzene rings is 1. The molecule has 114 valence electrons. The summed E-state index contributed by atoms with van der Waals surface area (Å²) in [6.45, 7) is 10.1. The van der Waals surface area contributed by atoms with Gasteiger partial charge in [-0.1, -0.05) is 43.6 Å². The molecular formula is C15H25BrNO2P. The second-order valence-corrected chi connectivity index (χ2v) is 9.24. The summed E-state index contributed by atoms with van der Waals surface area (Å²) in [5.41, 5.74) is 0. The minimum atomic E-state index is -2.98. The Hall–Kier alpha value is -0.150. The lowest BCUT2D eigenvalue weighted by Gasteiger charge is -2.32. The highest BCUT2D eigenvalue weighted by atomic mass is 79.9. The van der Waals surface area contributed by atoms with Gasteiger partial charge in [-0.15, -0.1) is 0 Å². The molecule has 0 saturated carbocycles. The zero-order chi connectivity index (χ0) is 15.3. The molecule has 0 aliphatic rings. The average Bonchev–Trinajstić information content (AvgIpc) is 2.36. The Balaban J connectivity index is 3.14. The zero-order valence-corrected chi connectivity index (χ0v) is 15.4. The molecule has 5 heteroatoms. The lowest BCUT2D eigenvalue weighted by Crippen LogP contribution is -2.33. The molecule has 20 heavy (non-hydrogen) atoms. The summed E-state index contributed by atoms with van der Waals surface area (Å²) in [7, 11) is -1.44. The van der Waals surface area contributed by atoms with E-state index in [2.05, 4.69) is 43.6 Å². The van der Waals surface area contributed by atoms with E-state index in [1.807, 2.05) is 28.9 Å². The predicted octanol–water partition coefficient (Wildman–Crippen LogP) is 4.53. The summed E-state index contributed by atoms with van der Waals surface area (Å²) in [5, 5.41) is 0.754. The fourth-order valence-corrected chi connectivity index (χ4v) is 4.79. The van der Waals surface area contributed by atoms with Crippen LogP contribution in [0.4, 0.5) is 0 Å². The van der Waals surface area contributed by atoms with E-state index in [1.165, 1.54) is 7.11 Å². The van der Waals surface area contributed by atoms with Crippen LogP contribution in [0.15, 0.2) is 28.7 Å². The minimum Gasteiger partial charge on any atom is -0.317 e. The average molecular weight is 362 g/mol. The van der Waals surface area contributed by atoms with E-state index in [9.17, 15) is 4.57 Å². The van der Waals surface area contributed by atoms with Crippen LogP contribution in [-0.2, 0) is 9.09 Å². The number of halogens is 1. The largest absolute Gasteiger partial charge is 0.317 e. The minimum absolute atomic E-state index is 0.438. The van der Waals surface area contributed by atoms with Crippen LogP contribution in [0.25, 0.3) is 0 Å². The van der Waals surface area contributed by atoms with Gasteiger partial charge >= 0.3 is 7.52 Å². The Kier molecular flexibility index (Phi) is 6.93. The fraction of sp³-hybridized carbons (Fsp3) is 0.600. The third-order valence-electron chi connectivity index (χ3n) is 2.92.